The highest BCUT2D eigenvalue weighted by molar-refractivity contribution is 5.99. The van der Waals surface area contributed by atoms with E-state index in [4.69, 9.17) is 14.5 Å². The molecule has 262 valence electrons. The minimum Gasteiger partial charge on any atom is -0.461 e. The van der Waals surface area contributed by atoms with Crippen LogP contribution in [0.4, 0.5) is 28.2 Å². The summed E-state index contributed by atoms with van der Waals surface area (Å²) in [5, 5.41) is 1.19. The van der Waals surface area contributed by atoms with E-state index in [0.717, 1.165) is 19.3 Å². The fraction of sp³-hybridized carbons (Fsp3) is 0.459. The molecule has 3 unspecified atom stereocenters. The van der Waals surface area contributed by atoms with Gasteiger partial charge in [-0.3, -0.25) is 14.8 Å². The minimum absolute atomic E-state index is 0.0483. The third-order valence-corrected chi connectivity index (χ3v) is 10.5. The number of hydrogen-bond acceptors (Lipinski definition) is 8. The zero-order valence-electron chi connectivity index (χ0n) is 28.2. The second-order valence-electron chi connectivity index (χ2n) is 14.9. The molecule has 2 aromatic heterocycles. The lowest BCUT2D eigenvalue weighted by atomic mass is 9.94. The second kappa shape index (κ2) is 12.1. The molecule has 0 saturated carbocycles. The Bertz CT molecular complexity index is 2030. The molecule has 13 heteroatoms. The molecule has 0 spiro atoms. The van der Waals surface area contributed by atoms with Gasteiger partial charge in [0.2, 0.25) is 0 Å². The lowest BCUT2D eigenvalue weighted by Crippen LogP contribution is -2.57. The van der Waals surface area contributed by atoms with Crippen LogP contribution in [-0.2, 0) is 4.74 Å². The Labute approximate surface area is 286 Å². The Morgan fingerprint density at radius 2 is 1.78 bits per heavy atom. The van der Waals surface area contributed by atoms with Gasteiger partial charge in [-0.2, -0.15) is 18.7 Å². The SMILES string of the molecule is CC(C)(C)OC(=O)N1C2CCC1CN(c1nc(OCC34CCCN3CC(=C(F)F)C4)nc3c(F)c(-c4cccc5cccc(F)c45)ncc13)C2. The van der Waals surface area contributed by atoms with Gasteiger partial charge in [0.1, 0.15) is 35.1 Å². The molecule has 4 saturated heterocycles. The number of rotatable bonds is 5. The molecule has 4 aromatic rings. The van der Waals surface area contributed by atoms with Gasteiger partial charge in [0.05, 0.1) is 23.0 Å². The van der Waals surface area contributed by atoms with Crippen molar-refractivity contribution in [3.63, 3.8) is 0 Å². The summed E-state index contributed by atoms with van der Waals surface area (Å²) in [6.45, 7) is 7.26. The first-order chi connectivity index (χ1) is 23.9. The van der Waals surface area contributed by atoms with Crippen LogP contribution in [0.1, 0.15) is 52.9 Å². The van der Waals surface area contributed by atoms with E-state index in [-0.39, 0.29) is 71.5 Å². The number of ether oxygens (including phenoxy) is 2. The van der Waals surface area contributed by atoms with Crippen LogP contribution in [0, 0.1) is 11.6 Å². The molecule has 2 bridgehead atoms. The molecule has 4 fully saturated rings. The van der Waals surface area contributed by atoms with Gasteiger partial charge in [0.25, 0.3) is 6.08 Å². The molecular weight excluding hydrogens is 652 g/mol. The molecule has 50 heavy (non-hydrogen) atoms. The van der Waals surface area contributed by atoms with E-state index in [1.165, 1.54) is 12.3 Å². The topological polar surface area (TPSA) is 83.9 Å². The van der Waals surface area contributed by atoms with Crippen LogP contribution in [0.25, 0.3) is 32.9 Å². The Hall–Kier alpha value is -4.52. The number of nitrogens with zero attached hydrogens (tertiary/aromatic N) is 6. The van der Waals surface area contributed by atoms with Crippen LogP contribution in [0.5, 0.6) is 6.01 Å². The van der Waals surface area contributed by atoms with E-state index in [1.807, 2.05) is 30.6 Å². The van der Waals surface area contributed by atoms with Crippen molar-refractivity contribution in [1.29, 1.82) is 0 Å². The first-order valence-electron chi connectivity index (χ1n) is 17.1. The van der Waals surface area contributed by atoms with Crippen molar-refractivity contribution >= 4 is 33.6 Å². The van der Waals surface area contributed by atoms with E-state index < -0.39 is 28.9 Å². The van der Waals surface area contributed by atoms with Crippen molar-refractivity contribution in [2.24, 2.45) is 0 Å². The van der Waals surface area contributed by atoms with Crippen molar-refractivity contribution in [2.75, 3.05) is 37.7 Å². The Kier molecular flexibility index (Phi) is 7.88. The summed E-state index contributed by atoms with van der Waals surface area (Å²) in [5.74, 6) is -0.857. The number of hydrogen-bond donors (Lipinski definition) is 0. The minimum atomic E-state index is -1.66. The number of aromatic nitrogens is 3. The molecule has 3 atom stereocenters. The molecule has 1 amide bonds. The number of amides is 1. The zero-order chi connectivity index (χ0) is 34.9. The van der Waals surface area contributed by atoms with E-state index in [9.17, 15) is 13.6 Å². The molecule has 2 aromatic carbocycles. The maximum absolute atomic E-state index is 16.8. The normalized spacial score (nSPS) is 23.6. The summed E-state index contributed by atoms with van der Waals surface area (Å²) >= 11 is 0. The highest BCUT2D eigenvalue weighted by Crippen LogP contribution is 2.44. The number of halogens is 4. The third-order valence-electron chi connectivity index (χ3n) is 10.5. The first kappa shape index (κ1) is 32.7. The predicted octanol–water partition coefficient (Wildman–Crippen LogP) is 7.48. The summed E-state index contributed by atoms with van der Waals surface area (Å²) in [7, 11) is 0. The molecule has 0 radical (unpaired) electrons. The van der Waals surface area contributed by atoms with E-state index in [2.05, 4.69) is 9.97 Å². The van der Waals surface area contributed by atoms with Crippen LogP contribution in [0.3, 0.4) is 0 Å². The van der Waals surface area contributed by atoms with E-state index >= 15 is 8.78 Å². The van der Waals surface area contributed by atoms with Gasteiger partial charge in [-0.1, -0.05) is 30.3 Å². The van der Waals surface area contributed by atoms with Crippen LogP contribution in [0.2, 0.25) is 0 Å². The maximum atomic E-state index is 16.8. The highest BCUT2D eigenvalue weighted by atomic mass is 19.3. The lowest BCUT2D eigenvalue weighted by molar-refractivity contribution is 0.0122. The molecule has 0 aliphatic carbocycles. The average Bonchev–Trinajstić information content (AvgIpc) is 3.71. The van der Waals surface area contributed by atoms with Crippen molar-refractivity contribution in [3.8, 4) is 17.3 Å². The van der Waals surface area contributed by atoms with Gasteiger partial charge in [-0.15, -0.1) is 0 Å². The van der Waals surface area contributed by atoms with E-state index in [1.54, 1.807) is 35.2 Å². The standard InChI is InChI=1S/C37H38F4N6O3/c1-36(2,3)50-35(48)47-23-11-12-24(47)19-45(18-23)33-26-16-42-30(25-9-4-7-21-8-5-10-27(38)28(21)25)29(39)31(26)43-34(44-33)49-20-37-13-6-14-46(37)17-22(15-37)32(40)41/h4-5,7-10,16,23-24H,6,11-15,17-20H2,1-3H3. The monoisotopic (exact) mass is 690 g/mol. The predicted molar refractivity (Wildman–Crippen MR) is 180 cm³/mol. The van der Waals surface area contributed by atoms with Gasteiger partial charge in [0.15, 0.2) is 5.82 Å². The number of anilines is 1. The number of benzene rings is 2. The van der Waals surface area contributed by atoms with Gasteiger partial charge >= 0.3 is 12.1 Å². The average molecular weight is 691 g/mol. The second-order valence-corrected chi connectivity index (χ2v) is 14.9. The summed E-state index contributed by atoms with van der Waals surface area (Å²) in [4.78, 5) is 32.9. The molecule has 0 N–H and O–H groups in total. The summed E-state index contributed by atoms with van der Waals surface area (Å²) < 4.78 is 71.2. The summed E-state index contributed by atoms with van der Waals surface area (Å²) in [5.41, 5.74) is -0.994. The van der Waals surface area contributed by atoms with Crippen molar-refractivity contribution in [3.05, 3.63) is 65.9 Å². The Morgan fingerprint density at radius 1 is 1.04 bits per heavy atom. The molecule has 6 heterocycles. The van der Waals surface area contributed by atoms with Gasteiger partial charge in [-0.25, -0.2) is 13.6 Å². The fourth-order valence-corrected chi connectivity index (χ4v) is 8.36. The number of piperazine rings is 1. The quantitative estimate of drug-likeness (QED) is 0.200. The van der Waals surface area contributed by atoms with Crippen molar-refractivity contribution in [1.82, 2.24) is 24.8 Å². The summed E-state index contributed by atoms with van der Waals surface area (Å²) in [6.07, 6.45) is 2.74. The van der Waals surface area contributed by atoms with Crippen LogP contribution in [0.15, 0.2) is 54.2 Å². The number of fused-ring (bicyclic) bond motifs is 5. The highest BCUT2D eigenvalue weighted by Gasteiger charge is 2.49. The molecule has 4 aliphatic heterocycles. The van der Waals surface area contributed by atoms with Crippen LogP contribution in [-0.4, -0.2) is 86.9 Å². The van der Waals surface area contributed by atoms with Gasteiger partial charge in [-0.05, 0) is 70.9 Å². The maximum Gasteiger partial charge on any atom is 0.410 e. The Balaban J connectivity index is 1.20. The smallest absolute Gasteiger partial charge is 0.410 e. The molecule has 8 rings (SSSR count). The van der Waals surface area contributed by atoms with Gasteiger partial charge in [0, 0.05) is 42.4 Å². The van der Waals surface area contributed by atoms with Crippen molar-refractivity contribution < 1.29 is 31.8 Å². The van der Waals surface area contributed by atoms with Crippen LogP contribution < -0.4 is 9.64 Å². The third kappa shape index (κ3) is 5.59. The Morgan fingerprint density at radius 3 is 2.50 bits per heavy atom. The number of carbonyl (C=O) groups excluding carboxylic acids is 1. The molecule has 4 aliphatic rings. The fourth-order valence-electron chi connectivity index (χ4n) is 8.36. The van der Waals surface area contributed by atoms with Crippen LogP contribution >= 0.6 is 0 Å². The van der Waals surface area contributed by atoms with Crippen molar-refractivity contribution in [2.45, 2.75) is 76.1 Å². The number of pyridine rings is 1. The van der Waals surface area contributed by atoms with Gasteiger partial charge < -0.3 is 14.4 Å². The first-order valence-corrected chi connectivity index (χ1v) is 17.1. The molecule has 9 nitrogen and oxygen atoms in total. The zero-order valence-corrected chi connectivity index (χ0v) is 28.2. The molecular formula is C37H38F4N6O3. The lowest BCUT2D eigenvalue weighted by Gasteiger charge is -2.42. The largest absolute Gasteiger partial charge is 0.461 e. The summed E-state index contributed by atoms with van der Waals surface area (Å²) in [6, 6.07) is 9.38. The van der Waals surface area contributed by atoms with E-state index in [0.29, 0.717) is 42.6 Å². The number of carbonyl (C=O) groups is 1.